The predicted molar refractivity (Wildman–Crippen MR) is 135 cm³/mol. The fourth-order valence-electron chi connectivity index (χ4n) is 8.42. The Bertz CT molecular complexity index is 1110. The molecule has 4 aliphatic rings. The van der Waals surface area contributed by atoms with E-state index in [0.29, 0.717) is 36.1 Å². The minimum absolute atomic E-state index is 0.0549. The number of phenolic OH excluding ortho intramolecular Hbond substituents is 1. The van der Waals surface area contributed by atoms with Crippen LogP contribution in [-0.4, -0.2) is 49.8 Å². The number of hydrogen-bond acceptors (Lipinski definition) is 5. The Morgan fingerprint density at radius 3 is 2.56 bits per heavy atom. The lowest BCUT2D eigenvalue weighted by molar-refractivity contribution is -0.210. The van der Waals surface area contributed by atoms with Gasteiger partial charge in [0.2, 0.25) is 0 Å². The van der Waals surface area contributed by atoms with Crippen LogP contribution in [0.25, 0.3) is 0 Å². The van der Waals surface area contributed by atoms with Gasteiger partial charge in [0.25, 0.3) is 5.91 Å². The topological polar surface area (TPSA) is 107 Å². The number of hydrogen-bond donors (Lipinski definition) is 3. The van der Waals surface area contributed by atoms with Crippen LogP contribution >= 0.6 is 0 Å². The van der Waals surface area contributed by atoms with E-state index in [9.17, 15) is 24.9 Å². The van der Waals surface area contributed by atoms with Crippen molar-refractivity contribution in [2.75, 3.05) is 0 Å². The van der Waals surface area contributed by atoms with Crippen molar-refractivity contribution in [3.63, 3.8) is 0 Å². The highest BCUT2D eigenvalue weighted by molar-refractivity contribution is 6.02. The minimum atomic E-state index is -1.01. The number of carbonyl (C=O) groups is 2. The van der Waals surface area contributed by atoms with Gasteiger partial charge in [-0.25, -0.2) is 4.79 Å². The molecule has 1 aromatic rings. The van der Waals surface area contributed by atoms with Crippen LogP contribution in [0.3, 0.4) is 0 Å². The molecule has 2 aliphatic carbocycles. The second kappa shape index (κ2) is 8.11. The smallest absolute Gasteiger partial charge is 0.326 e. The van der Waals surface area contributed by atoms with Crippen LogP contribution in [0.15, 0.2) is 6.07 Å². The highest BCUT2D eigenvalue weighted by Gasteiger charge is 2.67. The molecule has 2 saturated carbocycles. The molecule has 0 saturated heterocycles. The molecule has 7 nitrogen and oxygen atoms in total. The zero-order valence-corrected chi connectivity index (χ0v) is 22.4. The van der Waals surface area contributed by atoms with Crippen LogP contribution in [0.1, 0.15) is 95.1 Å². The van der Waals surface area contributed by atoms with Gasteiger partial charge in [-0.2, -0.15) is 0 Å². The molecule has 0 aromatic heterocycles. The first kappa shape index (κ1) is 25.4. The third-order valence-electron chi connectivity index (χ3n) is 10.9. The van der Waals surface area contributed by atoms with Crippen LogP contribution < -0.4 is 4.74 Å². The Morgan fingerprint density at radius 2 is 1.92 bits per heavy atom. The number of fused-ring (bicyclic) bond motifs is 5. The number of carboxylic acids is 1. The molecular formula is C29H41NO6. The van der Waals surface area contributed by atoms with Crippen molar-refractivity contribution in [1.29, 1.82) is 0 Å². The number of carbonyl (C=O) groups excluding carboxylic acids is 1. The normalized spacial score (nSPS) is 36.1. The first-order chi connectivity index (χ1) is 16.8. The summed E-state index contributed by atoms with van der Waals surface area (Å²) in [5.74, 6) is -0.456. The lowest BCUT2D eigenvalue weighted by atomic mass is 9.43. The van der Waals surface area contributed by atoms with Gasteiger partial charge < -0.3 is 25.0 Å². The lowest BCUT2D eigenvalue weighted by Gasteiger charge is -2.64. The van der Waals surface area contributed by atoms with E-state index in [-0.39, 0.29) is 52.9 Å². The van der Waals surface area contributed by atoms with Gasteiger partial charge in [-0.1, -0.05) is 48.0 Å². The van der Waals surface area contributed by atoms with Crippen LogP contribution in [0.2, 0.25) is 0 Å². The van der Waals surface area contributed by atoms with E-state index in [0.717, 1.165) is 24.8 Å². The number of phenols is 1. The van der Waals surface area contributed by atoms with Gasteiger partial charge in [0.15, 0.2) is 0 Å². The number of ether oxygens (including phenoxy) is 1. The molecule has 7 unspecified atom stereocenters. The molecule has 198 valence electrons. The van der Waals surface area contributed by atoms with Crippen LogP contribution in [0.5, 0.6) is 11.5 Å². The van der Waals surface area contributed by atoms with Crippen molar-refractivity contribution in [1.82, 2.24) is 4.90 Å². The molecule has 36 heavy (non-hydrogen) atoms. The maximum absolute atomic E-state index is 13.4. The van der Waals surface area contributed by atoms with Gasteiger partial charge in [-0.05, 0) is 54.9 Å². The van der Waals surface area contributed by atoms with E-state index in [1.54, 1.807) is 0 Å². The van der Waals surface area contributed by atoms with E-state index in [1.807, 2.05) is 13.8 Å². The first-order valence-corrected chi connectivity index (χ1v) is 13.6. The van der Waals surface area contributed by atoms with Crippen molar-refractivity contribution >= 4 is 11.9 Å². The molecule has 7 heteroatoms. The Labute approximate surface area is 213 Å². The maximum Gasteiger partial charge on any atom is 0.326 e. The molecule has 1 spiro atoms. The summed E-state index contributed by atoms with van der Waals surface area (Å²) in [4.78, 5) is 27.0. The number of rotatable bonds is 4. The molecule has 0 bridgehead atoms. The first-order valence-electron chi connectivity index (χ1n) is 13.6. The molecule has 5 rings (SSSR count). The average molecular weight is 500 g/mol. The highest BCUT2D eigenvalue weighted by atomic mass is 16.5. The molecule has 1 aromatic carbocycles. The standard InChI is InChI=1S/C29H41NO6/c1-7-15(2)23(26(34)35)30-14-19-17(25(30)33)12-20(31)18-13-29(36-24(18)19)16(3)8-9-21-27(4,5)22(32)10-11-28(21,29)6/h12,15-16,21-23,31-32H,7-11,13-14H2,1-6H3,(H,34,35). The van der Waals surface area contributed by atoms with Gasteiger partial charge in [0, 0.05) is 23.0 Å². The molecule has 2 aliphatic heterocycles. The molecule has 3 N–H and O–H groups in total. The molecule has 7 atom stereocenters. The van der Waals surface area contributed by atoms with Gasteiger partial charge >= 0.3 is 5.97 Å². The van der Waals surface area contributed by atoms with E-state index < -0.39 is 17.6 Å². The predicted octanol–water partition coefficient (Wildman–Crippen LogP) is 4.75. The van der Waals surface area contributed by atoms with Crippen molar-refractivity contribution in [3.8, 4) is 11.5 Å². The minimum Gasteiger partial charge on any atom is -0.508 e. The van der Waals surface area contributed by atoms with Crippen LogP contribution in [0.4, 0.5) is 0 Å². The number of aliphatic hydroxyl groups is 1. The number of benzene rings is 1. The Kier molecular flexibility index (Phi) is 5.71. The number of aliphatic hydroxyl groups excluding tert-OH is 1. The second-order valence-corrected chi connectivity index (χ2v) is 12.8. The average Bonchev–Trinajstić information content (AvgIpc) is 3.36. The number of amides is 1. The Hall–Kier alpha value is -2.28. The summed E-state index contributed by atoms with van der Waals surface area (Å²) >= 11 is 0. The molecule has 2 heterocycles. The van der Waals surface area contributed by atoms with Gasteiger partial charge in [-0.3, -0.25) is 4.79 Å². The SMILES string of the molecule is CCC(C)C(C(=O)O)N1Cc2c(cc(O)c3c2OC2(C3)C(C)CCC3C(C)(C)C(O)CCC32C)C1=O. The van der Waals surface area contributed by atoms with Crippen LogP contribution in [-0.2, 0) is 17.8 Å². The van der Waals surface area contributed by atoms with Gasteiger partial charge in [0.1, 0.15) is 23.1 Å². The number of nitrogens with zero attached hydrogens (tertiary/aromatic N) is 1. The zero-order valence-electron chi connectivity index (χ0n) is 22.4. The van der Waals surface area contributed by atoms with Crippen molar-refractivity contribution in [2.24, 2.45) is 28.6 Å². The molecule has 1 amide bonds. The highest BCUT2D eigenvalue weighted by Crippen LogP contribution is 2.67. The Balaban J connectivity index is 1.58. The van der Waals surface area contributed by atoms with E-state index >= 15 is 0 Å². The number of carboxylic acid groups (broad SMARTS) is 1. The van der Waals surface area contributed by atoms with Crippen molar-refractivity contribution in [3.05, 3.63) is 22.8 Å². The summed E-state index contributed by atoms with van der Waals surface area (Å²) in [6.07, 6.45) is 4.37. The molecular weight excluding hydrogens is 458 g/mol. The lowest BCUT2D eigenvalue weighted by Crippen LogP contribution is -2.66. The van der Waals surface area contributed by atoms with E-state index in [2.05, 4.69) is 27.7 Å². The van der Waals surface area contributed by atoms with Gasteiger partial charge in [-0.15, -0.1) is 0 Å². The van der Waals surface area contributed by atoms with E-state index in [1.165, 1.54) is 11.0 Å². The van der Waals surface area contributed by atoms with Crippen molar-refractivity contribution in [2.45, 2.75) is 104 Å². The summed E-state index contributed by atoms with van der Waals surface area (Å²) in [7, 11) is 0. The zero-order chi connectivity index (χ0) is 26.4. The largest absolute Gasteiger partial charge is 0.508 e. The third-order valence-corrected chi connectivity index (χ3v) is 10.9. The summed E-state index contributed by atoms with van der Waals surface area (Å²) in [6.45, 7) is 12.8. The summed E-state index contributed by atoms with van der Waals surface area (Å²) in [5, 5.41) is 32.0. The quantitative estimate of drug-likeness (QED) is 0.552. The monoisotopic (exact) mass is 499 g/mol. The maximum atomic E-state index is 13.4. The van der Waals surface area contributed by atoms with E-state index in [4.69, 9.17) is 4.74 Å². The second-order valence-electron chi connectivity index (χ2n) is 12.8. The number of aromatic hydroxyl groups is 1. The van der Waals surface area contributed by atoms with Crippen molar-refractivity contribution < 1.29 is 29.6 Å². The van der Waals surface area contributed by atoms with Gasteiger partial charge in [0.05, 0.1) is 18.2 Å². The van der Waals surface area contributed by atoms with Crippen LogP contribution in [0, 0.1) is 28.6 Å². The fourth-order valence-corrected chi connectivity index (χ4v) is 8.42. The molecule has 2 fully saturated rings. The summed E-state index contributed by atoms with van der Waals surface area (Å²) in [5.41, 5.74) is 0.766. The molecule has 0 radical (unpaired) electrons. The number of aliphatic carboxylic acids is 1. The fraction of sp³-hybridized carbons (Fsp3) is 0.724. The Morgan fingerprint density at radius 1 is 1.22 bits per heavy atom. The summed E-state index contributed by atoms with van der Waals surface area (Å²) < 4.78 is 7.03. The summed E-state index contributed by atoms with van der Waals surface area (Å²) in [6, 6.07) is 0.593. The third kappa shape index (κ3) is 3.13.